The third-order valence-electron chi connectivity index (χ3n) is 5.22. The Morgan fingerprint density at radius 3 is 2.54 bits per heavy atom. The summed E-state index contributed by atoms with van der Waals surface area (Å²) in [5.74, 6) is -0.226. The first kappa shape index (κ1) is 19.1. The van der Waals surface area contributed by atoms with Crippen LogP contribution in [0.2, 0.25) is 10.0 Å². The number of aromatic hydroxyl groups is 1. The molecule has 1 heterocycles. The van der Waals surface area contributed by atoms with Gasteiger partial charge in [0.1, 0.15) is 5.75 Å². The van der Waals surface area contributed by atoms with E-state index in [1.54, 1.807) is 0 Å². The fourth-order valence-electron chi connectivity index (χ4n) is 4.10. The lowest BCUT2D eigenvalue weighted by atomic mass is 9.86. The molecular weight excluding hydrogens is 371 g/mol. The lowest BCUT2D eigenvalue weighted by Crippen LogP contribution is -2.32. The molecule has 1 aliphatic carbocycles. The number of rotatable bonds is 3. The number of hydrogen-bond acceptors (Lipinski definition) is 3. The molecule has 1 saturated heterocycles. The van der Waals surface area contributed by atoms with E-state index in [0.29, 0.717) is 10.9 Å². The van der Waals surface area contributed by atoms with Gasteiger partial charge in [0.05, 0.1) is 10.6 Å². The third-order valence-corrected chi connectivity index (χ3v) is 5.73. The zero-order valence-electron chi connectivity index (χ0n) is 15.3. The first-order valence-electron chi connectivity index (χ1n) is 8.94. The van der Waals surface area contributed by atoms with Gasteiger partial charge in [0.25, 0.3) is 5.91 Å². The molecule has 0 aromatic heterocycles. The van der Waals surface area contributed by atoms with E-state index in [1.807, 2.05) is 6.92 Å². The number of nitrogens with zero attached hydrogens (tertiary/aromatic N) is 1. The summed E-state index contributed by atoms with van der Waals surface area (Å²) in [6.45, 7) is 8.49. The van der Waals surface area contributed by atoms with Gasteiger partial charge in [0.15, 0.2) is 0 Å². The van der Waals surface area contributed by atoms with Crippen molar-refractivity contribution in [3.63, 3.8) is 0 Å². The van der Waals surface area contributed by atoms with Gasteiger partial charge in [-0.25, -0.2) is 0 Å². The van der Waals surface area contributed by atoms with Crippen LogP contribution in [0.25, 0.3) is 0 Å². The summed E-state index contributed by atoms with van der Waals surface area (Å²) >= 11 is 11.9. The Morgan fingerprint density at radius 1 is 1.23 bits per heavy atom. The van der Waals surface area contributed by atoms with Crippen molar-refractivity contribution in [2.24, 2.45) is 5.92 Å². The predicted molar refractivity (Wildman–Crippen MR) is 106 cm³/mol. The minimum Gasteiger partial charge on any atom is -0.506 e. The van der Waals surface area contributed by atoms with E-state index in [0.717, 1.165) is 36.4 Å². The molecule has 1 aromatic rings. The second kappa shape index (κ2) is 7.53. The van der Waals surface area contributed by atoms with Crippen LogP contribution in [0.5, 0.6) is 5.75 Å². The summed E-state index contributed by atoms with van der Waals surface area (Å²) in [4.78, 5) is 15.2. The molecule has 0 saturated carbocycles. The summed E-state index contributed by atoms with van der Waals surface area (Å²) in [7, 11) is 0. The minimum atomic E-state index is -0.407. The SMILES string of the molecule is CC1=C(NC(=O)c2cc(Cl)cc(Cl)c2O)C(C)=C(N2CCCC2)C(C)C1. The largest absolute Gasteiger partial charge is 0.506 e. The number of phenolic OH excluding ortho intramolecular Hbond substituents is 1. The van der Waals surface area contributed by atoms with Gasteiger partial charge in [-0.05, 0) is 56.4 Å². The smallest absolute Gasteiger partial charge is 0.259 e. The first-order valence-corrected chi connectivity index (χ1v) is 9.70. The van der Waals surface area contributed by atoms with Gasteiger partial charge < -0.3 is 15.3 Å². The highest BCUT2D eigenvalue weighted by Crippen LogP contribution is 2.37. The Bertz CT molecular complexity index is 808. The molecule has 0 bridgehead atoms. The molecule has 0 radical (unpaired) electrons. The predicted octanol–water partition coefficient (Wildman–Crippen LogP) is 5.11. The normalized spacial score (nSPS) is 20.8. The van der Waals surface area contributed by atoms with Gasteiger partial charge in [-0.3, -0.25) is 4.79 Å². The summed E-state index contributed by atoms with van der Waals surface area (Å²) in [5.41, 5.74) is 4.47. The summed E-state index contributed by atoms with van der Waals surface area (Å²) in [5, 5.41) is 13.5. The average Bonchev–Trinajstić information content (AvgIpc) is 3.08. The molecule has 0 spiro atoms. The number of nitrogens with one attached hydrogen (secondary N) is 1. The van der Waals surface area contributed by atoms with E-state index in [-0.39, 0.29) is 16.3 Å². The number of phenols is 1. The molecule has 1 aliphatic heterocycles. The van der Waals surface area contributed by atoms with E-state index in [4.69, 9.17) is 23.2 Å². The number of hydrogen-bond donors (Lipinski definition) is 2. The van der Waals surface area contributed by atoms with Gasteiger partial charge in [0.2, 0.25) is 0 Å². The molecule has 1 amide bonds. The van der Waals surface area contributed by atoms with Gasteiger partial charge in [0, 0.05) is 35.4 Å². The molecule has 2 aliphatic rings. The maximum atomic E-state index is 12.8. The maximum Gasteiger partial charge on any atom is 0.259 e. The van der Waals surface area contributed by atoms with Crippen LogP contribution in [0.15, 0.2) is 34.7 Å². The quantitative estimate of drug-likeness (QED) is 0.748. The Morgan fingerprint density at radius 2 is 1.88 bits per heavy atom. The Hall–Kier alpha value is -1.65. The van der Waals surface area contributed by atoms with E-state index < -0.39 is 5.91 Å². The zero-order chi connectivity index (χ0) is 19.0. The topological polar surface area (TPSA) is 52.6 Å². The van der Waals surface area contributed by atoms with Gasteiger partial charge >= 0.3 is 0 Å². The van der Waals surface area contributed by atoms with Gasteiger partial charge in [-0.15, -0.1) is 0 Å². The molecule has 1 fully saturated rings. The van der Waals surface area contributed by atoms with E-state index in [9.17, 15) is 9.90 Å². The fourth-order valence-corrected chi connectivity index (χ4v) is 4.60. The Balaban J connectivity index is 1.93. The lowest BCUT2D eigenvalue weighted by Gasteiger charge is -2.34. The summed E-state index contributed by atoms with van der Waals surface area (Å²) < 4.78 is 0. The van der Waals surface area contributed by atoms with Crippen LogP contribution < -0.4 is 5.32 Å². The highest BCUT2D eigenvalue weighted by molar-refractivity contribution is 6.36. The number of carbonyl (C=O) groups excluding carboxylic acids is 1. The van der Waals surface area contributed by atoms with E-state index in [2.05, 4.69) is 24.1 Å². The number of benzene rings is 1. The second-order valence-corrected chi connectivity index (χ2v) is 8.05. The molecule has 140 valence electrons. The van der Waals surface area contributed by atoms with Crippen molar-refractivity contribution in [1.29, 1.82) is 0 Å². The van der Waals surface area contributed by atoms with Crippen molar-refractivity contribution in [2.45, 2.75) is 40.0 Å². The van der Waals surface area contributed by atoms with E-state index >= 15 is 0 Å². The molecular formula is C20H24Cl2N2O2. The summed E-state index contributed by atoms with van der Waals surface area (Å²) in [6, 6.07) is 2.85. The Labute approximate surface area is 164 Å². The van der Waals surface area contributed by atoms with Crippen molar-refractivity contribution >= 4 is 29.1 Å². The molecule has 2 N–H and O–H groups in total. The van der Waals surface area contributed by atoms with Crippen LogP contribution in [0.1, 0.15) is 50.4 Å². The average molecular weight is 395 g/mol. The van der Waals surface area contributed by atoms with Crippen molar-refractivity contribution in [3.05, 3.63) is 50.3 Å². The molecule has 1 aromatic carbocycles. The number of carbonyl (C=O) groups is 1. The van der Waals surface area contributed by atoms with E-state index in [1.165, 1.54) is 30.7 Å². The zero-order valence-corrected chi connectivity index (χ0v) is 16.8. The van der Waals surface area contributed by atoms with Crippen LogP contribution in [0.4, 0.5) is 0 Å². The monoisotopic (exact) mass is 394 g/mol. The second-order valence-electron chi connectivity index (χ2n) is 7.20. The first-order chi connectivity index (χ1) is 12.3. The standard InChI is InChI=1S/C20H24Cl2N2O2/c1-11-8-12(2)18(24-6-4-5-7-24)13(3)17(11)23-20(26)15-9-14(21)10-16(22)19(15)25/h9-10,12,25H,4-8H2,1-3H3,(H,23,26). The third kappa shape index (κ3) is 3.58. The highest BCUT2D eigenvalue weighted by Gasteiger charge is 2.29. The Kier molecular flexibility index (Phi) is 5.54. The fraction of sp³-hybridized carbons (Fsp3) is 0.450. The number of amides is 1. The maximum absolute atomic E-state index is 12.8. The van der Waals surface area contributed by atoms with Crippen LogP contribution in [0.3, 0.4) is 0 Å². The molecule has 1 atom stereocenters. The molecule has 4 nitrogen and oxygen atoms in total. The molecule has 6 heteroatoms. The van der Waals surface area contributed by atoms with Crippen LogP contribution >= 0.6 is 23.2 Å². The van der Waals surface area contributed by atoms with Crippen molar-refractivity contribution < 1.29 is 9.90 Å². The van der Waals surface area contributed by atoms with Gasteiger partial charge in [-0.1, -0.05) is 30.1 Å². The van der Waals surface area contributed by atoms with Crippen molar-refractivity contribution in [1.82, 2.24) is 10.2 Å². The molecule has 26 heavy (non-hydrogen) atoms. The molecule has 3 rings (SSSR count). The van der Waals surface area contributed by atoms with Crippen LogP contribution in [-0.2, 0) is 0 Å². The van der Waals surface area contributed by atoms with Gasteiger partial charge in [-0.2, -0.15) is 0 Å². The number of likely N-dealkylation sites (tertiary alicyclic amines) is 1. The van der Waals surface area contributed by atoms with Crippen LogP contribution in [-0.4, -0.2) is 29.0 Å². The summed E-state index contributed by atoms with van der Waals surface area (Å²) in [6.07, 6.45) is 3.33. The number of halogens is 2. The minimum absolute atomic E-state index is 0.0654. The van der Waals surface area contributed by atoms with Crippen LogP contribution in [0, 0.1) is 5.92 Å². The molecule has 1 unspecified atom stereocenters. The lowest BCUT2D eigenvalue weighted by molar-refractivity contribution is 0.0963. The highest BCUT2D eigenvalue weighted by atomic mass is 35.5. The number of allylic oxidation sites excluding steroid dienone is 3. The van der Waals surface area contributed by atoms with Crippen molar-refractivity contribution in [2.75, 3.05) is 13.1 Å². The van der Waals surface area contributed by atoms with Crippen molar-refractivity contribution in [3.8, 4) is 5.75 Å².